The van der Waals surface area contributed by atoms with Gasteiger partial charge in [-0.15, -0.1) is 0 Å². The number of fused-ring (bicyclic) bond motifs is 2. The normalized spacial score (nSPS) is 23.4. The second-order valence-corrected chi connectivity index (χ2v) is 8.13. The van der Waals surface area contributed by atoms with E-state index >= 15 is 0 Å². The maximum absolute atomic E-state index is 12.2. The van der Waals surface area contributed by atoms with E-state index in [2.05, 4.69) is 62.4 Å². The molecule has 2 aromatic rings. The Morgan fingerprint density at radius 2 is 1.67 bits per heavy atom. The molecule has 1 saturated carbocycles. The monoisotopic (exact) mass is 362 g/mol. The summed E-state index contributed by atoms with van der Waals surface area (Å²) in [5.74, 6) is 1.52. The van der Waals surface area contributed by atoms with Crippen LogP contribution < -0.4 is 4.74 Å². The predicted octanol–water partition coefficient (Wildman–Crippen LogP) is 5.10. The van der Waals surface area contributed by atoms with Gasteiger partial charge in [0.25, 0.3) is 0 Å². The van der Waals surface area contributed by atoms with Crippen molar-refractivity contribution in [1.29, 1.82) is 0 Å². The van der Waals surface area contributed by atoms with Crippen molar-refractivity contribution in [2.75, 3.05) is 6.79 Å². The van der Waals surface area contributed by atoms with Crippen molar-refractivity contribution >= 4 is 5.97 Å². The lowest BCUT2D eigenvalue weighted by atomic mass is 9.78. The first kappa shape index (κ1) is 17.8. The Morgan fingerprint density at radius 1 is 0.963 bits per heavy atom. The summed E-state index contributed by atoms with van der Waals surface area (Å²) < 4.78 is 11.0. The minimum atomic E-state index is -0.131. The number of esters is 1. The summed E-state index contributed by atoms with van der Waals surface area (Å²) in [6.07, 6.45) is 6.40. The van der Waals surface area contributed by atoms with E-state index in [1.807, 2.05) is 18.2 Å². The highest BCUT2D eigenvalue weighted by atomic mass is 16.7. The van der Waals surface area contributed by atoms with Crippen molar-refractivity contribution in [3.05, 3.63) is 77.9 Å². The van der Waals surface area contributed by atoms with Crippen LogP contribution in [0.3, 0.4) is 0 Å². The van der Waals surface area contributed by atoms with Gasteiger partial charge < -0.3 is 9.47 Å². The molecule has 4 rings (SSSR count). The van der Waals surface area contributed by atoms with Crippen LogP contribution in [0.15, 0.2) is 66.7 Å². The quantitative estimate of drug-likeness (QED) is 0.407. The van der Waals surface area contributed by atoms with Crippen molar-refractivity contribution in [3.8, 4) is 5.75 Å². The number of hydrogen-bond donors (Lipinski definition) is 0. The molecule has 0 amide bonds. The van der Waals surface area contributed by atoms with E-state index in [-0.39, 0.29) is 24.1 Å². The summed E-state index contributed by atoms with van der Waals surface area (Å²) in [4.78, 5) is 12.2. The number of hydrogen-bond acceptors (Lipinski definition) is 3. The maximum atomic E-state index is 12.2. The Balaban J connectivity index is 1.32. The largest absolute Gasteiger partial charge is 0.457 e. The van der Waals surface area contributed by atoms with Gasteiger partial charge in [0, 0.05) is 5.41 Å². The third-order valence-electron chi connectivity index (χ3n) is 6.08. The third kappa shape index (κ3) is 3.64. The Labute approximate surface area is 161 Å². The van der Waals surface area contributed by atoms with Crippen LogP contribution in [0.4, 0.5) is 0 Å². The molecule has 27 heavy (non-hydrogen) atoms. The van der Waals surface area contributed by atoms with E-state index in [0.29, 0.717) is 17.6 Å². The van der Waals surface area contributed by atoms with Crippen LogP contribution in [0.2, 0.25) is 0 Å². The van der Waals surface area contributed by atoms with Gasteiger partial charge in [0.2, 0.25) is 6.79 Å². The van der Waals surface area contributed by atoms with E-state index in [4.69, 9.17) is 9.47 Å². The SMILES string of the molecule is CC(C)(c1ccccc1)c1ccc(OCOC(=O)C2CC3C=CC2C3)cc1. The predicted molar refractivity (Wildman–Crippen MR) is 105 cm³/mol. The Bertz CT molecular complexity index is 820. The average Bonchev–Trinajstić information content (AvgIpc) is 3.33. The molecule has 0 saturated heterocycles. The molecular formula is C24H26O3. The minimum absolute atomic E-state index is 0.0117. The lowest BCUT2D eigenvalue weighted by molar-refractivity contribution is -0.156. The molecule has 140 valence electrons. The lowest BCUT2D eigenvalue weighted by Crippen LogP contribution is -2.23. The zero-order chi connectivity index (χ0) is 18.9. The lowest BCUT2D eigenvalue weighted by Gasteiger charge is -2.26. The van der Waals surface area contributed by atoms with Gasteiger partial charge in [-0.2, -0.15) is 0 Å². The first-order valence-electron chi connectivity index (χ1n) is 9.68. The first-order chi connectivity index (χ1) is 13.0. The topological polar surface area (TPSA) is 35.5 Å². The summed E-state index contributed by atoms with van der Waals surface area (Å²) >= 11 is 0. The van der Waals surface area contributed by atoms with Crippen LogP contribution in [0, 0.1) is 17.8 Å². The molecule has 3 atom stereocenters. The van der Waals surface area contributed by atoms with Crippen molar-refractivity contribution in [2.24, 2.45) is 17.8 Å². The van der Waals surface area contributed by atoms with Crippen molar-refractivity contribution in [1.82, 2.24) is 0 Å². The fourth-order valence-corrected chi connectivity index (χ4v) is 4.30. The molecule has 2 bridgehead atoms. The van der Waals surface area contributed by atoms with Crippen LogP contribution in [0.5, 0.6) is 5.75 Å². The second kappa shape index (κ2) is 7.22. The van der Waals surface area contributed by atoms with Gasteiger partial charge in [0.05, 0.1) is 5.92 Å². The molecule has 3 heteroatoms. The molecule has 0 aromatic heterocycles. The van der Waals surface area contributed by atoms with Crippen LogP contribution in [-0.2, 0) is 14.9 Å². The molecule has 0 heterocycles. The van der Waals surface area contributed by atoms with Crippen LogP contribution in [-0.4, -0.2) is 12.8 Å². The Hall–Kier alpha value is -2.55. The zero-order valence-corrected chi connectivity index (χ0v) is 15.9. The highest BCUT2D eigenvalue weighted by Gasteiger charge is 2.40. The molecule has 0 N–H and O–H groups in total. The van der Waals surface area contributed by atoms with Gasteiger partial charge >= 0.3 is 5.97 Å². The summed E-state index contributed by atoms with van der Waals surface area (Å²) in [5, 5.41) is 0. The highest BCUT2D eigenvalue weighted by molar-refractivity contribution is 5.74. The van der Waals surface area contributed by atoms with Gasteiger partial charge in [0.1, 0.15) is 5.75 Å². The number of benzene rings is 2. The molecule has 2 aliphatic rings. The first-order valence-corrected chi connectivity index (χ1v) is 9.68. The molecule has 0 radical (unpaired) electrons. The summed E-state index contributed by atoms with van der Waals surface area (Å²) in [7, 11) is 0. The molecule has 1 fully saturated rings. The minimum Gasteiger partial charge on any atom is -0.457 e. The fourth-order valence-electron chi connectivity index (χ4n) is 4.30. The molecule has 0 aliphatic heterocycles. The van der Waals surface area contributed by atoms with E-state index < -0.39 is 0 Å². The Kier molecular flexibility index (Phi) is 4.77. The number of allylic oxidation sites excluding steroid dienone is 2. The van der Waals surface area contributed by atoms with Gasteiger partial charge in [-0.1, -0.05) is 68.5 Å². The summed E-state index contributed by atoms with van der Waals surface area (Å²) in [6.45, 7) is 4.39. The van der Waals surface area contributed by atoms with Gasteiger partial charge in [-0.3, -0.25) is 4.79 Å². The summed E-state index contributed by atoms with van der Waals surface area (Å²) in [6, 6.07) is 18.5. The molecule has 2 aromatic carbocycles. The second-order valence-electron chi connectivity index (χ2n) is 8.13. The molecule has 0 spiro atoms. The molecule has 3 unspecified atom stereocenters. The van der Waals surface area contributed by atoms with E-state index in [9.17, 15) is 4.79 Å². The fraction of sp³-hybridized carbons (Fsp3) is 0.375. The van der Waals surface area contributed by atoms with Crippen molar-refractivity contribution in [2.45, 2.75) is 32.1 Å². The van der Waals surface area contributed by atoms with Gasteiger partial charge in [-0.05, 0) is 47.9 Å². The molecule has 3 nitrogen and oxygen atoms in total. The molecule has 2 aliphatic carbocycles. The number of carbonyl (C=O) groups is 1. The standard InChI is InChI=1S/C24H26O3/c1-24(2,19-6-4-3-5-7-19)20-10-12-21(13-11-20)26-16-27-23(25)22-15-17-8-9-18(22)14-17/h3-13,17-18,22H,14-16H2,1-2H3. The van der Waals surface area contributed by atoms with Crippen LogP contribution in [0.25, 0.3) is 0 Å². The van der Waals surface area contributed by atoms with Crippen LogP contribution >= 0.6 is 0 Å². The average molecular weight is 362 g/mol. The number of rotatable bonds is 6. The van der Waals surface area contributed by atoms with Crippen molar-refractivity contribution < 1.29 is 14.3 Å². The van der Waals surface area contributed by atoms with Crippen molar-refractivity contribution in [3.63, 3.8) is 0 Å². The Morgan fingerprint density at radius 3 is 2.30 bits per heavy atom. The smallest absolute Gasteiger partial charge is 0.312 e. The van der Waals surface area contributed by atoms with Gasteiger partial charge in [0.15, 0.2) is 0 Å². The molecular weight excluding hydrogens is 336 g/mol. The number of ether oxygens (including phenoxy) is 2. The third-order valence-corrected chi connectivity index (χ3v) is 6.08. The highest BCUT2D eigenvalue weighted by Crippen LogP contribution is 2.43. The maximum Gasteiger partial charge on any atom is 0.312 e. The zero-order valence-electron chi connectivity index (χ0n) is 15.9. The van der Waals surface area contributed by atoms with Gasteiger partial charge in [-0.25, -0.2) is 0 Å². The van der Waals surface area contributed by atoms with Crippen LogP contribution in [0.1, 0.15) is 37.8 Å². The van der Waals surface area contributed by atoms with E-state index in [0.717, 1.165) is 12.8 Å². The van der Waals surface area contributed by atoms with E-state index in [1.54, 1.807) is 0 Å². The summed E-state index contributed by atoms with van der Waals surface area (Å²) in [5.41, 5.74) is 2.40. The van der Waals surface area contributed by atoms with E-state index in [1.165, 1.54) is 11.1 Å². The number of carbonyl (C=O) groups excluding carboxylic acids is 1.